The fourth-order valence-electron chi connectivity index (χ4n) is 2.53. The Balaban J connectivity index is 1.67. The minimum atomic E-state index is -0.441. The van der Waals surface area contributed by atoms with E-state index in [1.807, 2.05) is 10.8 Å². The van der Waals surface area contributed by atoms with Gasteiger partial charge in [-0.05, 0) is 18.6 Å². The number of esters is 1. The number of methoxy groups -OCH3 is 1. The van der Waals surface area contributed by atoms with Crippen LogP contribution in [0.25, 0.3) is 0 Å². The van der Waals surface area contributed by atoms with Gasteiger partial charge in [0.25, 0.3) is 0 Å². The predicted molar refractivity (Wildman–Crippen MR) is 103 cm³/mol. The molecule has 0 aliphatic heterocycles. The van der Waals surface area contributed by atoms with Crippen LogP contribution >= 0.6 is 0 Å². The number of hydrogen-bond acceptors (Lipinski definition) is 8. The van der Waals surface area contributed by atoms with Crippen LogP contribution in [-0.4, -0.2) is 39.1 Å². The van der Waals surface area contributed by atoms with Crippen molar-refractivity contribution in [1.82, 2.24) is 19.5 Å². The zero-order valence-corrected chi connectivity index (χ0v) is 14.9. The smallest absolute Gasteiger partial charge is 0.339 e. The van der Waals surface area contributed by atoms with E-state index in [-0.39, 0.29) is 0 Å². The molecule has 3 aromatic rings. The molecule has 0 radical (unpaired) electrons. The lowest BCUT2D eigenvalue weighted by Crippen LogP contribution is -2.11. The Labute approximate surface area is 156 Å². The van der Waals surface area contributed by atoms with E-state index in [2.05, 4.69) is 25.6 Å². The van der Waals surface area contributed by atoms with Gasteiger partial charge in [0.05, 0.1) is 24.7 Å². The lowest BCUT2D eigenvalue weighted by molar-refractivity contribution is 0.0602. The average molecular weight is 367 g/mol. The summed E-state index contributed by atoms with van der Waals surface area (Å²) >= 11 is 0. The summed E-state index contributed by atoms with van der Waals surface area (Å²) in [5.74, 6) is 0.510. The second kappa shape index (κ2) is 8.65. The van der Waals surface area contributed by atoms with E-state index in [1.54, 1.807) is 36.8 Å². The second-order valence-corrected chi connectivity index (χ2v) is 5.73. The number of aromatic nitrogens is 4. The van der Waals surface area contributed by atoms with Crippen LogP contribution in [0.5, 0.6) is 0 Å². The van der Waals surface area contributed by atoms with Crippen molar-refractivity contribution in [1.29, 1.82) is 0 Å². The lowest BCUT2D eigenvalue weighted by atomic mass is 10.2. The fourth-order valence-corrected chi connectivity index (χ4v) is 2.53. The minimum absolute atomic E-state index is 0.375. The number of hydrogen-bond donors (Lipinski definition) is 3. The molecule has 27 heavy (non-hydrogen) atoms. The molecule has 0 amide bonds. The molecule has 0 aliphatic carbocycles. The summed E-state index contributed by atoms with van der Waals surface area (Å²) in [5, 5.41) is 6.29. The molecule has 9 heteroatoms. The fraction of sp³-hybridized carbons (Fsp3) is 0.222. The molecule has 2 aromatic heterocycles. The van der Waals surface area contributed by atoms with Crippen LogP contribution in [0.15, 0.2) is 49.3 Å². The third kappa shape index (κ3) is 4.51. The number of rotatable bonds is 8. The van der Waals surface area contributed by atoms with Gasteiger partial charge in [0, 0.05) is 25.5 Å². The number of ether oxygens (including phenoxy) is 1. The predicted octanol–water partition coefficient (Wildman–Crippen LogP) is 2.29. The summed E-state index contributed by atoms with van der Waals surface area (Å²) in [5.41, 5.74) is 7.51. The largest absolute Gasteiger partial charge is 0.465 e. The Kier molecular flexibility index (Phi) is 5.83. The van der Waals surface area contributed by atoms with Gasteiger partial charge in [-0.3, -0.25) is 0 Å². The van der Waals surface area contributed by atoms with Crippen molar-refractivity contribution >= 4 is 29.0 Å². The third-order valence-corrected chi connectivity index (χ3v) is 3.91. The minimum Gasteiger partial charge on any atom is -0.465 e. The topological polar surface area (TPSA) is 120 Å². The number of nitrogens with two attached hydrogens (primary N) is 1. The number of nitrogen functional groups attached to an aromatic ring is 1. The van der Waals surface area contributed by atoms with Crippen LogP contribution in [0.2, 0.25) is 0 Å². The highest BCUT2D eigenvalue weighted by atomic mass is 16.5. The van der Waals surface area contributed by atoms with E-state index in [1.165, 1.54) is 13.4 Å². The van der Waals surface area contributed by atoms with E-state index in [0.717, 1.165) is 13.0 Å². The highest BCUT2D eigenvalue weighted by molar-refractivity contribution is 5.97. The zero-order valence-electron chi connectivity index (χ0n) is 14.9. The van der Waals surface area contributed by atoms with Crippen molar-refractivity contribution in [2.75, 3.05) is 30.0 Å². The highest BCUT2D eigenvalue weighted by Crippen LogP contribution is 2.27. The Hall–Kier alpha value is -3.62. The third-order valence-electron chi connectivity index (χ3n) is 3.91. The number of carbonyl (C=O) groups excluding carboxylic acids is 1. The van der Waals surface area contributed by atoms with Gasteiger partial charge in [0.1, 0.15) is 12.0 Å². The molecule has 4 N–H and O–H groups in total. The van der Waals surface area contributed by atoms with E-state index in [0.29, 0.717) is 35.1 Å². The monoisotopic (exact) mass is 367 g/mol. The van der Waals surface area contributed by atoms with Crippen LogP contribution in [-0.2, 0) is 11.3 Å². The Morgan fingerprint density at radius 2 is 2.07 bits per heavy atom. The van der Waals surface area contributed by atoms with Crippen molar-refractivity contribution in [3.8, 4) is 0 Å². The molecule has 3 rings (SSSR count). The molecular weight excluding hydrogens is 346 g/mol. The van der Waals surface area contributed by atoms with Crippen LogP contribution in [0.3, 0.4) is 0 Å². The van der Waals surface area contributed by atoms with E-state index in [4.69, 9.17) is 10.5 Å². The molecule has 0 saturated carbocycles. The number of benzene rings is 1. The molecule has 0 atom stereocenters. The molecule has 0 spiro atoms. The van der Waals surface area contributed by atoms with E-state index in [9.17, 15) is 4.79 Å². The molecule has 140 valence electrons. The number of nitrogens with zero attached hydrogens (tertiary/aromatic N) is 4. The SMILES string of the molecule is COC(=O)c1ccccc1Nc1ncnc(NCCCn2ccnc2)c1N. The van der Waals surface area contributed by atoms with Crippen LogP contribution in [0.1, 0.15) is 16.8 Å². The van der Waals surface area contributed by atoms with E-state index >= 15 is 0 Å². The summed E-state index contributed by atoms with van der Waals surface area (Å²) in [6.07, 6.45) is 7.74. The van der Waals surface area contributed by atoms with Gasteiger partial charge in [-0.1, -0.05) is 12.1 Å². The number of imidazole rings is 1. The maximum Gasteiger partial charge on any atom is 0.339 e. The molecule has 0 unspecified atom stereocenters. The Morgan fingerprint density at radius 3 is 2.85 bits per heavy atom. The van der Waals surface area contributed by atoms with Gasteiger partial charge < -0.3 is 25.7 Å². The van der Waals surface area contributed by atoms with Gasteiger partial charge in [-0.2, -0.15) is 0 Å². The quantitative estimate of drug-likeness (QED) is 0.410. The first-order chi connectivity index (χ1) is 13.2. The van der Waals surface area contributed by atoms with Crippen LogP contribution in [0.4, 0.5) is 23.0 Å². The van der Waals surface area contributed by atoms with Gasteiger partial charge in [0.15, 0.2) is 11.6 Å². The van der Waals surface area contributed by atoms with Gasteiger partial charge >= 0.3 is 5.97 Å². The molecule has 2 heterocycles. The number of nitrogens with one attached hydrogen (secondary N) is 2. The molecular formula is C18H21N7O2. The molecule has 1 aromatic carbocycles. The average Bonchev–Trinajstić information content (AvgIpc) is 3.21. The molecule has 0 fully saturated rings. The first-order valence-electron chi connectivity index (χ1n) is 8.43. The van der Waals surface area contributed by atoms with Crippen molar-refractivity contribution in [3.05, 3.63) is 54.9 Å². The maximum absolute atomic E-state index is 11.9. The first kappa shape index (κ1) is 18.2. The summed E-state index contributed by atoms with van der Waals surface area (Å²) in [6, 6.07) is 6.99. The first-order valence-corrected chi connectivity index (χ1v) is 8.43. The van der Waals surface area contributed by atoms with Crippen molar-refractivity contribution < 1.29 is 9.53 Å². The maximum atomic E-state index is 11.9. The number of aryl methyl sites for hydroxylation is 1. The van der Waals surface area contributed by atoms with Gasteiger partial charge in [-0.15, -0.1) is 0 Å². The summed E-state index contributed by atoms with van der Waals surface area (Å²) < 4.78 is 6.80. The second-order valence-electron chi connectivity index (χ2n) is 5.73. The van der Waals surface area contributed by atoms with E-state index < -0.39 is 5.97 Å². The Bertz CT molecular complexity index is 896. The van der Waals surface area contributed by atoms with Crippen molar-refractivity contribution in [2.45, 2.75) is 13.0 Å². The molecule has 0 saturated heterocycles. The molecule has 0 bridgehead atoms. The van der Waals surface area contributed by atoms with Crippen LogP contribution in [0, 0.1) is 0 Å². The zero-order chi connectivity index (χ0) is 19.1. The Morgan fingerprint density at radius 1 is 1.26 bits per heavy atom. The van der Waals surface area contributed by atoms with Crippen LogP contribution < -0.4 is 16.4 Å². The number of carbonyl (C=O) groups is 1. The number of para-hydroxylation sites is 1. The summed E-state index contributed by atoms with van der Waals surface area (Å²) in [6.45, 7) is 1.53. The summed E-state index contributed by atoms with van der Waals surface area (Å²) in [7, 11) is 1.34. The van der Waals surface area contributed by atoms with Crippen molar-refractivity contribution in [2.24, 2.45) is 0 Å². The molecule has 0 aliphatic rings. The summed E-state index contributed by atoms with van der Waals surface area (Å²) in [4.78, 5) is 24.3. The van der Waals surface area contributed by atoms with Gasteiger partial charge in [-0.25, -0.2) is 19.7 Å². The highest BCUT2D eigenvalue weighted by Gasteiger charge is 2.14. The van der Waals surface area contributed by atoms with Crippen molar-refractivity contribution in [3.63, 3.8) is 0 Å². The molecule has 9 nitrogen and oxygen atoms in total. The lowest BCUT2D eigenvalue weighted by Gasteiger charge is -2.14. The number of anilines is 4. The van der Waals surface area contributed by atoms with Gasteiger partial charge in [0.2, 0.25) is 0 Å². The standard InChI is InChI=1S/C18H21N7O2/c1-27-18(26)13-5-2-3-6-14(13)24-17-15(19)16(22-11-23-17)21-7-4-9-25-10-8-20-12-25/h2-3,5-6,8,10-12H,4,7,9,19H2,1H3,(H2,21,22,23,24). The normalized spacial score (nSPS) is 10.4.